The minimum absolute atomic E-state index is 0.240. The maximum atomic E-state index is 12.3. The molecule has 0 radical (unpaired) electrons. The Bertz CT molecular complexity index is 1100. The minimum atomic E-state index is -0.928. The fourth-order valence-electron chi connectivity index (χ4n) is 7.73. The van der Waals surface area contributed by atoms with Crippen LogP contribution in [0.2, 0.25) is 0 Å². The molecule has 3 nitrogen and oxygen atoms in total. The summed E-state index contributed by atoms with van der Waals surface area (Å²) in [6.07, 6.45) is 7.11. The molecule has 5 rings (SSSR count). The van der Waals surface area contributed by atoms with E-state index >= 15 is 0 Å². The zero-order valence-electron chi connectivity index (χ0n) is 20.7. The third-order valence-corrected chi connectivity index (χ3v) is 9.37. The van der Waals surface area contributed by atoms with Crippen molar-refractivity contribution in [2.24, 2.45) is 23.2 Å². The van der Waals surface area contributed by atoms with Crippen LogP contribution < -0.4 is 4.90 Å². The average molecular weight is 444 g/mol. The number of anilines is 1. The van der Waals surface area contributed by atoms with Crippen molar-refractivity contribution in [2.45, 2.75) is 70.8 Å². The van der Waals surface area contributed by atoms with Crippen LogP contribution in [0.1, 0.15) is 70.8 Å². The third kappa shape index (κ3) is 3.33. The summed E-state index contributed by atoms with van der Waals surface area (Å²) in [6, 6.07) is 8.99. The van der Waals surface area contributed by atoms with Crippen molar-refractivity contribution in [1.82, 2.24) is 0 Å². The number of rotatable bonds is 2. The van der Waals surface area contributed by atoms with Crippen LogP contribution >= 0.6 is 0 Å². The molecule has 0 unspecified atom stereocenters. The molecule has 6 atom stereocenters. The third-order valence-electron chi connectivity index (χ3n) is 9.37. The van der Waals surface area contributed by atoms with Gasteiger partial charge in [0.2, 0.25) is 0 Å². The molecule has 33 heavy (non-hydrogen) atoms. The van der Waals surface area contributed by atoms with Crippen LogP contribution in [0.5, 0.6) is 0 Å². The number of aliphatic hydroxyl groups is 1. The van der Waals surface area contributed by atoms with E-state index < -0.39 is 5.60 Å². The molecule has 1 aromatic rings. The van der Waals surface area contributed by atoms with E-state index in [9.17, 15) is 9.90 Å². The van der Waals surface area contributed by atoms with Gasteiger partial charge in [0.1, 0.15) is 5.60 Å². The highest BCUT2D eigenvalue weighted by atomic mass is 16.3. The Morgan fingerprint density at radius 2 is 1.88 bits per heavy atom. The summed E-state index contributed by atoms with van der Waals surface area (Å²) >= 11 is 0. The van der Waals surface area contributed by atoms with Gasteiger partial charge in [-0.1, -0.05) is 37.5 Å². The summed E-state index contributed by atoms with van der Waals surface area (Å²) in [6.45, 7) is 6.52. The Labute approximate surface area is 199 Å². The van der Waals surface area contributed by atoms with Gasteiger partial charge in [0.25, 0.3) is 0 Å². The number of hydrogen-bond donors (Lipinski definition) is 1. The number of ketones is 1. The highest BCUT2D eigenvalue weighted by Gasteiger charge is 2.63. The summed E-state index contributed by atoms with van der Waals surface area (Å²) in [5.74, 6) is 8.17. The maximum absolute atomic E-state index is 12.3. The van der Waals surface area contributed by atoms with Crippen LogP contribution in [0, 0.1) is 35.0 Å². The molecule has 174 valence electrons. The summed E-state index contributed by atoms with van der Waals surface area (Å²) in [5, 5.41) is 11.8. The Balaban J connectivity index is 1.70. The lowest BCUT2D eigenvalue weighted by Crippen LogP contribution is -2.52. The molecule has 4 aliphatic carbocycles. The summed E-state index contributed by atoms with van der Waals surface area (Å²) < 4.78 is 0. The topological polar surface area (TPSA) is 40.5 Å². The fourth-order valence-corrected chi connectivity index (χ4v) is 7.73. The Morgan fingerprint density at radius 1 is 1.15 bits per heavy atom. The number of allylic oxidation sites excluding steroid dienone is 4. The average Bonchev–Trinajstić information content (AvgIpc) is 3.03. The van der Waals surface area contributed by atoms with Crippen molar-refractivity contribution in [3.05, 3.63) is 52.6 Å². The van der Waals surface area contributed by atoms with Crippen molar-refractivity contribution in [1.29, 1.82) is 0 Å². The van der Waals surface area contributed by atoms with Gasteiger partial charge in [-0.05, 0) is 91.7 Å². The van der Waals surface area contributed by atoms with Crippen LogP contribution in [0.25, 0.3) is 0 Å². The van der Waals surface area contributed by atoms with Crippen molar-refractivity contribution in [3.8, 4) is 11.8 Å². The first kappa shape index (κ1) is 22.5. The summed E-state index contributed by atoms with van der Waals surface area (Å²) in [4.78, 5) is 14.4. The highest BCUT2D eigenvalue weighted by molar-refractivity contribution is 5.93. The quantitative estimate of drug-likeness (QED) is 0.600. The van der Waals surface area contributed by atoms with E-state index in [0.29, 0.717) is 24.2 Å². The predicted molar refractivity (Wildman–Crippen MR) is 134 cm³/mol. The molecular weight excluding hydrogens is 406 g/mol. The molecule has 0 aromatic heterocycles. The molecule has 1 aromatic carbocycles. The van der Waals surface area contributed by atoms with E-state index in [1.54, 1.807) is 5.57 Å². The monoisotopic (exact) mass is 443 g/mol. The lowest BCUT2D eigenvalue weighted by molar-refractivity contribution is -0.114. The molecule has 0 heterocycles. The van der Waals surface area contributed by atoms with E-state index in [-0.39, 0.29) is 17.1 Å². The standard InChI is InChI=1S/C30H37NO2/c1-6-14-30(33)15-13-26-27-19(2)16-21-17-23(32)11-12-24(21)28(27)25(18-29(26,30)3)20-7-9-22(10-8-20)31(4)5/h7-10,17,19,25-27,33H,11-13,15-16,18H2,1-5H3/t19-,25+,26-,27-,29-,30-/m0/s1. The smallest absolute Gasteiger partial charge is 0.156 e. The SMILES string of the molecule is CC#C[C@]1(O)CC[C@H]2[C@H]3C(=C4CCC(=O)C=C4C[C@@H]3C)[C@@H](c3ccc(N(C)C)cc3)C[C@@]21C. The lowest BCUT2D eigenvalue weighted by atomic mass is 9.49. The molecule has 3 heteroatoms. The summed E-state index contributed by atoms with van der Waals surface area (Å²) in [7, 11) is 4.14. The van der Waals surface area contributed by atoms with Gasteiger partial charge in [-0.3, -0.25) is 4.79 Å². The largest absolute Gasteiger partial charge is 0.378 e. The normalized spacial score (nSPS) is 37.4. The molecule has 0 amide bonds. The molecule has 0 spiro atoms. The summed E-state index contributed by atoms with van der Waals surface area (Å²) in [5.41, 5.74) is 5.67. The van der Waals surface area contributed by atoms with E-state index in [2.05, 4.69) is 68.9 Å². The van der Waals surface area contributed by atoms with E-state index in [1.807, 2.05) is 13.0 Å². The van der Waals surface area contributed by atoms with Crippen molar-refractivity contribution < 1.29 is 9.90 Å². The van der Waals surface area contributed by atoms with Gasteiger partial charge in [-0.25, -0.2) is 0 Å². The van der Waals surface area contributed by atoms with Gasteiger partial charge in [0, 0.05) is 37.5 Å². The number of carbonyl (C=O) groups is 1. The molecular formula is C30H37NO2. The lowest BCUT2D eigenvalue weighted by Gasteiger charge is -2.55. The number of benzene rings is 1. The maximum Gasteiger partial charge on any atom is 0.156 e. The molecule has 2 saturated carbocycles. The first-order valence-corrected chi connectivity index (χ1v) is 12.6. The minimum Gasteiger partial charge on any atom is -0.378 e. The second kappa shape index (κ2) is 7.88. The van der Waals surface area contributed by atoms with Crippen molar-refractivity contribution >= 4 is 11.5 Å². The molecule has 0 saturated heterocycles. The second-order valence-electron chi connectivity index (χ2n) is 11.3. The molecule has 1 N–H and O–H groups in total. The van der Waals surface area contributed by atoms with Gasteiger partial charge in [-0.2, -0.15) is 0 Å². The highest BCUT2D eigenvalue weighted by Crippen LogP contribution is 2.67. The van der Waals surface area contributed by atoms with Gasteiger partial charge in [-0.15, -0.1) is 5.92 Å². The zero-order chi connectivity index (χ0) is 23.5. The van der Waals surface area contributed by atoms with Crippen LogP contribution in [-0.4, -0.2) is 30.6 Å². The Hall–Kier alpha value is -2.31. The number of nitrogens with zero attached hydrogens (tertiary/aromatic N) is 1. The first-order valence-electron chi connectivity index (χ1n) is 12.6. The first-order chi connectivity index (χ1) is 15.7. The van der Waals surface area contributed by atoms with E-state index in [4.69, 9.17) is 0 Å². The van der Waals surface area contributed by atoms with E-state index in [0.717, 1.165) is 32.1 Å². The van der Waals surface area contributed by atoms with Gasteiger partial charge < -0.3 is 10.0 Å². The van der Waals surface area contributed by atoms with Crippen LogP contribution in [-0.2, 0) is 4.79 Å². The zero-order valence-corrected chi connectivity index (χ0v) is 20.7. The Kier molecular flexibility index (Phi) is 5.37. The van der Waals surface area contributed by atoms with Gasteiger partial charge >= 0.3 is 0 Å². The molecule has 4 aliphatic rings. The number of fused-ring (bicyclic) bond motifs is 4. The van der Waals surface area contributed by atoms with Gasteiger partial charge in [0.15, 0.2) is 5.78 Å². The molecule has 2 fully saturated rings. The van der Waals surface area contributed by atoms with E-state index in [1.165, 1.54) is 22.4 Å². The predicted octanol–water partition coefficient (Wildman–Crippen LogP) is 5.65. The fraction of sp³-hybridized carbons (Fsp3) is 0.567. The number of hydrogen-bond acceptors (Lipinski definition) is 3. The Morgan fingerprint density at radius 3 is 2.55 bits per heavy atom. The van der Waals surface area contributed by atoms with Gasteiger partial charge in [0.05, 0.1) is 0 Å². The molecule has 0 aliphatic heterocycles. The van der Waals surface area contributed by atoms with Crippen LogP contribution in [0.3, 0.4) is 0 Å². The van der Waals surface area contributed by atoms with Crippen LogP contribution in [0.15, 0.2) is 47.1 Å². The van der Waals surface area contributed by atoms with Crippen LogP contribution in [0.4, 0.5) is 5.69 Å². The second-order valence-corrected chi connectivity index (χ2v) is 11.3. The number of carbonyl (C=O) groups excluding carboxylic acids is 1. The van der Waals surface area contributed by atoms with Crippen molar-refractivity contribution in [3.63, 3.8) is 0 Å². The molecule has 0 bridgehead atoms. The van der Waals surface area contributed by atoms with Crippen molar-refractivity contribution in [2.75, 3.05) is 19.0 Å².